The summed E-state index contributed by atoms with van der Waals surface area (Å²) in [6.45, 7) is 5.40. The molecule has 0 aromatic carbocycles. The van der Waals surface area contributed by atoms with Crippen LogP contribution in [0.15, 0.2) is 0 Å². The van der Waals surface area contributed by atoms with Gasteiger partial charge in [0.1, 0.15) is 0 Å². The molecule has 0 aliphatic heterocycles. The minimum atomic E-state index is -0.226. The van der Waals surface area contributed by atoms with E-state index in [4.69, 9.17) is 0 Å². The van der Waals surface area contributed by atoms with E-state index in [-0.39, 0.29) is 42.3 Å². The number of nitrogens with zero attached hydrogens (tertiary/aromatic N) is 1. The number of rotatable bonds is 4. The van der Waals surface area contributed by atoms with Crippen molar-refractivity contribution in [3.8, 4) is 0 Å². The zero-order valence-corrected chi connectivity index (χ0v) is 11.4. The first-order chi connectivity index (χ1) is 6.13. The number of imide groups is 1. The molecular weight excluding hydrogens is 302 g/mol. The van der Waals surface area contributed by atoms with Crippen molar-refractivity contribution in [2.24, 2.45) is 0 Å². The molecule has 3 amide bonds. The third-order valence-electron chi connectivity index (χ3n) is 1.03. The van der Waals surface area contributed by atoms with Gasteiger partial charge >= 0.3 is 91.5 Å². The van der Waals surface area contributed by atoms with Crippen molar-refractivity contribution in [2.75, 3.05) is 0 Å². The predicted molar refractivity (Wildman–Crippen MR) is 53.5 cm³/mol. The molecule has 0 aliphatic carbocycles. The molecule has 4 nitrogen and oxygen atoms in total. The van der Waals surface area contributed by atoms with Gasteiger partial charge in [0, 0.05) is 0 Å². The fraction of sp³-hybridized carbons (Fsp3) is 0.714. The molecule has 0 aromatic rings. The maximum absolute atomic E-state index is 11.4. The molecule has 0 atom stereocenters. The molecule has 0 bridgehead atoms. The standard InChI is InChI=1S/C7H14N2O2Se2/c1-4-12-8-7(11)9(6(3)10)13-5-2/h4-5H2,1-3H3,(H,8,11). The third kappa shape index (κ3) is 5.32. The monoisotopic (exact) mass is 318 g/mol. The van der Waals surface area contributed by atoms with Crippen LogP contribution >= 0.6 is 0 Å². The van der Waals surface area contributed by atoms with Gasteiger partial charge in [0.25, 0.3) is 0 Å². The van der Waals surface area contributed by atoms with E-state index in [1.807, 2.05) is 13.8 Å². The van der Waals surface area contributed by atoms with Gasteiger partial charge in [-0.3, -0.25) is 0 Å². The van der Waals surface area contributed by atoms with Crippen molar-refractivity contribution in [2.45, 2.75) is 31.4 Å². The Hall–Kier alpha value is -0.0210. The summed E-state index contributed by atoms with van der Waals surface area (Å²) >= 11 is 0.0777. The zero-order valence-electron chi connectivity index (χ0n) is 7.99. The van der Waals surface area contributed by atoms with Gasteiger partial charge in [-0.1, -0.05) is 0 Å². The zero-order chi connectivity index (χ0) is 10.3. The molecule has 0 saturated heterocycles. The topological polar surface area (TPSA) is 49.4 Å². The van der Waals surface area contributed by atoms with Crippen LogP contribution in [-0.4, -0.2) is 46.2 Å². The summed E-state index contributed by atoms with van der Waals surface area (Å²) in [7, 11) is 0. The number of hydrogen-bond acceptors (Lipinski definition) is 2. The number of carbonyl (C=O) groups excluding carboxylic acids is 2. The van der Waals surface area contributed by atoms with Gasteiger partial charge in [0.2, 0.25) is 0 Å². The van der Waals surface area contributed by atoms with Crippen molar-refractivity contribution in [3.63, 3.8) is 0 Å². The summed E-state index contributed by atoms with van der Waals surface area (Å²) in [4.78, 5) is 22.4. The Morgan fingerprint density at radius 2 is 1.92 bits per heavy atom. The Bertz CT molecular complexity index is 187. The van der Waals surface area contributed by atoms with E-state index in [0.29, 0.717) is 0 Å². The molecule has 0 aromatic heterocycles. The Balaban J connectivity index is 4.03. The van der Waals surface area contributed by atoms with E-state index in [0.717, 1.165) is 10.6 Å². The maximum atomic E-state index is 11.4. The van der Waals surface area contributed by atoms with E-state index in [9.17, 15) is 9.59 Å². The van der Waals surface area contributed by atoms with Crippen LogP contribution in [0.1, 0.15) is 20.8 Å². The summed E-state index contributed by atoms with van der Waals surface area (Å²) in [5, 5.41) is 1.81. The molecule has 0 aliphatic rings. The van der Waals surface area contributed by atoms with E-state index in [1.165, 1.54) is 10.8 Å². The summed E-state index contributed by atoms with van der Waals surface area (Å²) < 4.78 is 4.05. The first-order valence-electron chi connectivity index (χ1n) is 3.98. The van der Waals surface area contributed by atoms with Crippen LogP contribution in [0.25, 0.3) is 0 Å². The second kappa shape index (κ2) is 7.39. The number of urea groups is 1. The molecule has 0 spiro atoms. The first kappa shape index (κ1) is 13.0. The molecule has 0 unspecified atom stereocenters. The van der Waals surface area contributed by atoms with E-state index in [1.54, 1.807) is 0 Å². The van der Waals surface area contributed by atoms with Gasteiger partial charge in [0.05, 0.1) is 0 Å². The number of carbonyl (C=O) groups is 2. The third-order valence-corrected chi connectivity index (χ3v) is 4.28. The molecule has 1 N–H and O–H groups in total. The van der Waals surface area contributed by atoms with Crippen LogP contribution in [0.5, 0.6) is 0 Å². The fourth-order valence-electron chi connectivity index (χ4n) is 0.597. The van der Waals surface area contributed by atoms with Crippen LogP contribution in [0.2, 0.25) is 10.6 Å². The summed E-state index contributed by atoms with van der Waals surface area (Å²) in [6.07, 6.45) is 0. The Morgan fingerprint density at radius 3 is 2.31 bits per heavy atom. The molecule has 0 rings (SSSR count). The average molecular weight is 316 g/mol. The summed E-state index contributed by atoms with van der Waals surface area (Å²) in [5.41, 5.74) is 0. The van der Waals surface area contributed by atoms with Crippen LogP contribution in [0.4, 0.5) is 4.79 Å². The SMILES string of the molecule is CC[Se]NC(=O)N([Se]CC)C(C)=O. The minimum absolute atomic E-state index is 0.0419. The predicted octanol–water partition coefficient (Wildman–Crippen LogP) is 0.659. The quantitative estimate of drug-likeness (QED) is 0.775. The normalized spacial score (nSPS) is 9.46. The van der Waals surface area contributed by atoms with Crippen molar-refractivity contribution in [1.29, 1.82) is 0 Å². The van der Waals surface area contributed by atoms with E-state index >= 15 is 0 Å². The summed E-state index contributed by atoms with van der Waals surface area (Å²) in [5.74, 6) is -0.161. The van der Waals surface area contributed by atoms with Crippen molar-refractivity contribution >= 4 is 42.3 Å². The van der Waals surface area contributed by atoms with Gasteiger partial charge in [-0.05, 0) is 0 Å². The van der Waals surface area contributed by atoms with Gasteiger partial charge in [-0.15, -0.1) is 0 Å². The Labute approximate surface area is 91.5 Å². The number of hydrogen-bond donors (Lipinski definition) is 1. The Kier molecular flexibility index (Phi) is 7.38. The van der Waals surface area contributed by atoms with Gasteiger partial charge < -0.3 is 0 Å². The molecular formula is C7H14N2O2Se2. The molecule has 0 saturated carbocycles. The van der Waals surface area contributed by atoms with Crippen molar-refractivity contribution in [1.82, 2.24) is 8.25 Å². The molecule has 0 fully saturated rings. The van der Waals surface area contributed by atoms with Crippen molar-refractivity contribution in [3.05, 3.63) is 0 Å². The van der Waals surface area contributed by atoms with Gasteiger partial charge in [-0.2, -0.15) is 0 Å². The number of nitrogens with one attached hydrogen (secondary N) is 1. The van der Waals surface area contributed by atoms with E-state index in [2.05, 4.69) is 4.33 Å². The molecule has 0 heterocycles. The van der Waals surface area contributed by atoms with E-state index < -0.39 is 0 Å². The van der Waals surface area contributed by atoms with Crippen LogP contribution in [-0.2, 0) is 4.79 Å². The second-order valence-corrected chi connectivity index (χ2v) is 6.84. The summed E-state index contributed by atoms with van der Waals surface area (Å²) in [6, 6.07) is -0.226. The fourth-order valence-corrected chi connectivity index (χ4v) is 2.91. The molecule has 6 heteroatoms. The van der Waals surface area contributed by atoms with Gasteiger partial charge in [-0.25, -0.2) is 0 Å². The van der Waals surface area contributed by atoms with Crippen LogP contribution in [0, 0.1) is 0 Å². The molecule has 0 radical (unpaired) electrons. The average Bonchev–Trinajstić information content (AvgIpc) is 2.09. The van der Waals surface area contributed by atoms with Gasteiger partial charge in [0.15, 0.2) is 0 Å². The van der Waals surface area contributed by atoms with Crippen molar-refractivity contribution < 1.29 is 9.59 Å². The first-order valence-corrected chi connectivity index (χ1v) is 8.03. The Morgan fingerprint density at radius 1 is 1.31 bits per heavy atom. The van der Waals surface area contributed by atoms with Crippen LogP contribution < -0.4 is 4.33 Å². The second-order valence-electron chi connectivity index (χ2n) is 2.07. The molecule has 76 valence electrons. The molecule has 13 heavy (non-hydrogen) atoms. The van der Waals surface area contributed by atoms with Crippen LogP contribution in [0.3, 0.4) is 0 Å². The number of amides is 3.